The van der Waals surface area contributed by atoms with Crippen molar-refractivity contribution in [2.45, 2.75) is 18.5 Å². The summed E-state index contributed by atoms with van der Waals surface area (Å²) in [6, 6.07) is 6.26. The Labute approximate surface area is 143 Å². The summed E-state index contributed by atoms with van der Waals surface area (Å²) < 4.78 is 80.8. The van der Waals surface area contributed by atoms with Crippen LogP contribution in [0.25, 0.3) is 0 Å². The average Bonchev–Trinajstić information content (AvgIpc) is 2.52. The number of rotatable bonds is 4. The zero-order valence-corrected chi connectivity index (χ0v) is 13.1. The summed E-state index contributed by atoms with van der Waals surface area (Å²) in [4.78, 5) is 0. The minimum atomic E-state index is -4.58. The molecular weight excluding hydrogens is 374 g/mol. The lowest BCUT2D eigenvalue weighted by molar-refractivity contribution is -0.138. The van der Waals surface area contributed by atoms with Crippen molar-refractivity contribution in [3.63, 3.8) is 0 Å². The van der Waals surface area contributed by atoms with Gasteiger partial charge in [0.05, 0.1) is 22.8 Å². The number of benzene rings is 2. The molecule has 1 unspecified atom stereocenters. The Bertz CT molecular complexity index is 725. The molecule has 1 atom stereocenters. The van der Waals surface area contributed by atoms with E-state index in [1.54, 1.807) is 0 Å². The standard InChI is InChI=1S/C16H11ClF6O2/c17-12-7-11(16(21,22)23)5-6-13(12)25-14(8-24)9-1-3-10(4-2-9)15(18,19)20/h1-7,14,24H,8H2. The second-order valence-electron chi connectivity index (χ2n) is 5.05. The van der Waals surface area contributed by atoms with E-state index < -0.39 is 36.2 Å². The van der Waals surface area contributed by atoms with Gasteiger partial charge in [-0.3, -0.25) is 0 Å². The lowest BCUT2D eigenvalue weighted by Crippen LogP contribution is -2.13. The van der Waals surface area contributed by atoms with Gasteiger partial charge in [-0.25, -0.2) is 0 Å². The Morgan fingerprint density at radius 3 is 1.84 bits per heavy atom. The summed E-state index contributed by atoms with van der Waals surface area (Å²) in [7, 11) is 0. The normalized spacial score (nSPS) is 13.6. The third kappa shape index (κ3) is 4.79. The summed E-state index contributed by atoms with van der Waals surface area (Å²) in [6.45, 7) is -0.608. The van der Waals surface area contributed by atoms with Crippen LogP contribution in [0.1, 0.15) is 22.8 Å². The molecule has 0 heterocycles. The maximum atomic E-state index is 12.6. The molecule has 9 heteroatoms. The fourth-order valence-electron chi connectivity index (χ4n) is 2.02. The van der Waals surface area contributed by atoms with Gasteiger partial charge in [0.25, 0.3) is 0 Å². The summed E-state index contributed by atoms with van der Waals surface area (Å²) >= 11 is 5.75. The molecule has 0 fully saturated rings. The molecule has 0 spiro atoms. The fraction of sp³-hybridized carbons (Fsp3) is 0.250. The van der Waals surface area contributed by atoms with Crippen LogP contribution in [0.3, 0.4) is 0 Å². The Kier molecular flexibility index (Phi) is 5.53. The summed E-state index contributed by atoms with van der Waals surface area (Å²) in [5, 5.41) is 9.04. The Morgan fingerprint density at radius 1 is 0.880 bits per heavy atom. The monoisotopic (exact) mass is 384 g/mol. The van der Waals surface area contributed by atoms with E-state index in [0.29, 0.717) is 6.07 Å². The van der Waals surface area contributed by atoms with Gasteiger partial charge in [-0.1, -0.05) is 23.7 Å². The van der Waals surface area contributed by atoms with Gasteiger partial charge in [0.15, 0.2) is 0 Å². The molecule has 0 radical (unpaired) electrons. The number of hydrogen-bond acceptors (Lipinski definition) is 2. The largest absolute Gasteiger partial charge is 0.482 e. The van der Waals surface area contributed by atoms with E-state index in [2.05, 4.69) is 0 Å². The van der Waals surface area contributed by atoms with E-state index in [1.807, 2.05) is 0 Å². The Morgan fingerprint density at radius 2 is 1.40 bits per heavy atom. The van der Waals surface area contributed by atoms with Crippen LogP contribution in [0.5, 0.6) is 5.75 Å². The SMILES string of the molecule is OCC(Oc1ccc(C(F)(F)F)cc1Cl)c1ccc(C(F)(F)F)cc1. The first kappa shape index (κ1) is 19.4. The minimum absolute atomic E-state index is 0.131. The molecule has 0 aromatic heterocycles. The molecule has 0 saturated carbocycles. The quantitative estimate of drug-likeness (QED) is 0.706. The van der Waals surface area contributed by atoms with Crippen molar-refractivity contribution in [1.82, 2.24) is 0 Å². The van der Waals surface area contributed by atoms with E-state index in [0.717, 1.165) is 36.4 Å². The van der Waals surface area contributed by atoms with Crippen molar-refractivity contribution in [1.29, 1.82) is 0 Å². The molecular formula is C16H11ClF6O2. The van der Waals surface area contributed by atoms with E-state index in [4.69, 9.17) is 16.3 Å². The highest BCUT2D eigenvalue weighted by Gasteiger charge is 2.32. The highest BCUT2D eigenvalue weighted by molar-refractivity contribution is 6.32. The van der Waals surface area contributed by atoms with Crippen molar-refractivity contribution >= 4 is 11.6 Å². The minimum Gasteiger partial charge on any atom is -0.482 e. The molecule has 136 valence electrons. The van der Waals surface area contributed by atoms with Gasteiger partial charge in [-0.05, 0) is 35.9 Å². The second kappa shape index (κ2) is 7.13. The molecule has 2 nitrogen and oxygen atoms in total. The van der Waals surface area contributed by atoms with Crippen LogP contribution in [-0.4, -0.2) is 11.7 Å². The van der Waals surface area contributed by atoms with Crippen molar-refractivity contribution in [3.05, 3.63) is 64.2 Å². The van der Waals surface area contributed by atoms with Crippen LogP contribution in [0.2, 0.25) is 5.02 Å². The molecule has 0 aliphatic rings. The van der Waals surface area contributed by atoms with Crippen LogP contribution in [-0.2, 0) is 12.4 Å². The molecule has 0 amide bonds. The van der Waals surface area contributed by atoms with Crippen molar-refractivity contribution in [2.75, 3.05) is 6.61 Å². The van der Waals surface area contributed by atoms with Crippen LogP contribution in [0.15, 0.2) is 42.5 Å². The van der Waals surface area contributed by atoms with E-state index in [9.17, 15) is 31.4 Å². The number of hydrogen-bond donors (Lipinski definition) is 1. The third-order valence-electron chi connectivity index (χ3n) is 3.30. The highest BCUT2D eigenvalue weighted by atomic mass is 35.5. The maximum absolute atomic E-state index is 12.6. The number of aliphatic hydroxyl groups is 1. The Hall–Kier alpha value is -1.93. The number of ether oxygens (including phenoxy) is 1. The lowest BCUT2D eigenvalue weighted by Gasteiger charge is -2.19. The molecule has 0 saturated heterocycles. The first-order valence-electron chi connectivity index (χ1n) is 6.84. The molecule has 1 N–H and O–H groups in total. The molecule has 25 heavy (non-hydrogen) atoms. The first-order valence-corrected chi connectivity index (χ1v) is 7.21. The van der Waals surface area contributed by atoms with Crippen LogP contribution < -0.4 is 4.74 Å². The molecule has 2 rings (SSSR count). The summed E-state index contributed by atoms with van der Waals surface area (Å²) in [5.74, 6) is -0.131. The number of aliphatic hydroxyl groups excluding tert-OH is 1. The van der Waals surface area contributed by atoms with Gasteiger partial charge in [-0.2, -0.15) is 26.3 Å². The van der Waals surface area contributed by atoms with Gasteiger partial charge in [0, 0.05) is 0 Å². The Balaban J connectivity index is 2.22. The molecule has 0 aliphatic carbocycles. The smallest absolute Gasteiger partial charge is 0.416 e. The zero-order valence-electron chi connectivity index (χ0n) is 12.3. The number of halogens is 7. The molecule has 0 aliphatic heterocycles. The van der Waals surface area contributed by atoms with Crippen molar-refractivity contribution < 1.29 is 36.2 Å². The predicted octanol–water partition coefficient (Wildman–Crippen LogP) is 5.49. The fourth-order valence-corrected chi connectivity index (χ4v) is 2.25. The molecule has 2 aromatic carbocycles. The first-order chi connectivity index (χ1) is 11.5. The summed E-state index contributed by atoms with van der Waals surface area (Å²) in [6.07, 6.45) is -10.2. The van der Waals surface area contributed by atoms with Crippen LogP contribution >= 0.6 is 11.6 Å². The van der Waals surface area contributed by atoms with Crippen LogP contribution in [0, 0.1) is 0 Å². The van der Waals surface area contributed by atoms with Gasteiger partial charge in [-0.15, -0.1) is 0 Å². The molecule has 0 bridgehead atoms. The topological polar surface area (TPSA) is 29.5 Å². The highest BCUT2D eigenvalue weighted by Crippen LogP contribution is 2.36. The van der Waals surface area contributed by atoms with Crippen molar-refractivity contribution in [3.8, 4) is 5.75 Å². The third-order valence-corrected chi connectivity index (χ3v) is 3.60. The van der Waals surface area contributed by atoms with Gasteiger partial charge in [0.1, 0.15) is 11.9 Å². The zero-order chi connectivity index (χ0) is 18.8. The average molecular weight is 385 g/mol. The van der Waals surface area contributed by atoms with E-state index in [1.165, 1.54) is 0 Å². The summed E-state index contributed by atoms with van der Waals surface area (Å²) in [5.41, 5.74) is -1.63. The number of alkyl halides is 6. The maximum Gasteiger partial charge on any atom is 0.416 e. The van der Waals surface area contributed by atoms with Crippen LogP contribution in [0.4, 0.5) is 26.3 Å². The van der Waals surface area contributed by atoms with Crippen molar-refractivity contribution in [2.24, 2.45) is 0 Å². The molecule has 2 aromatic rings. The van der Waals surface area contributed by atoms with E-state index in [-0.39, 0.29) is 16.3 Å². The predicted molar refractivity (Wildman–Crippen MR) is 78.4 cm³/mol. The van der Waals surface area contributed by atoms with Gasteiger partial charge in [0.2, 0.25) is 0 Å². The van der Waals surface area contributed by atoms with E-state index >= 15 is 0 Å². The lowest BCUT2D eigenvalue weighted by atomic mass is 10.1. The van der Waals surface area contributed by atoms with Gasteiger partial charge < -0.3 is 9.84 Å². The second-order valence-corrected chi connectivity index (χ2v) is 5.46. The van der Waals surface area contributed by atoms with Gasteiger partial charge >= 0.3 is 12.4 Å².